The van der Waals surface area contributed by atoms with Gasteiger partial charge in [0.2, 0.25) is 0 Å². The Morgan fingerprint density at radius 2 is 1.74 bits per heavy atom. The van der Waals surface area contributed by atoms with E-state index in [9.17, 15) is 0 Å². The first kappa shape index (κ1) is 16.2. The van der Waals surface area contributed by atoms with Gasteiger partial charge in [0.1, 0.15) is 0 Å². The molecule has 0 unspecified atom stereocenters. The van der Waals surface area contributed by atoms with Crippen molar-refractivity contribution in [2.45, 2.75) is 46.6 Å². The van der Waals surface area contributed by atoms with Crippen molar-refractivity contribution in [2.24, 2.45) is 0 Å². The Hall–Kier alpha value is -0.860. The summed E-state index contributed by atoms with van der Waals surface area (Å²) in [4.78, 5) is 2.41. The maximum atomic E-state index is 3.36. The third-order valence-electron chi connectivity index (χ3n) is 4.28. The molecule has 1 aromatic rings. The van der Waals surface area contributed by atoms with Crippen molar-refractivity contribution in [3.8, 4) is 0 Å². The Balaban J connectivity index is 2.60. The van der Waals surface area contributed by atoms with Crippen LogP contribution in [0, 0.1) is 20.8 Å². The molecule has 0 aliphatic carbocycles. The van der Waals surface area contributed by atoms with Crippen molar-refractivity contribution < 1.29 is 0 Å². The van der Waals surface area contributed by atoms with Crippen molar-refractivity contribution in [3.63, 3.8) is 0 Å². The van der Waals surface area contributed by atoms with Crippen LogP contribution in [-0.2, 0) is 6.42 Å². The molecule has 1 N–H and O–H groups in total. The lowest BCUT2D eigenvalue weighted by Gasteiger charge is -2.30. The van der Waals surface area contributed by atoms with E-state index < -0.39 is 0 Å². The number of likely N-dealkylation sites (N-methyl/N-ethyl adjacent to an activating group) is 2. The van der Waals surface area contributed by atoms with Gasteiger partial charge in [-0.05, 0) is 77.4 Å². The van der Waals surface area contributed by atoms with Gasteiger partial charge in [0.15, 0.2) is 0 Å². The van der Waals surface area contributed by atoms with Crippen molar-refractivity contribution in [1.82, 2.24) is 10.2 Å². The highest BCUT2D eigenvalue weighted by molar-refractivity contribution is 5.38. The Bertz CT molecular complexity index is 422. The SMILES string of the molecule is CNC(C)(C)CN(C)CCc1ccc(C)c(C)c1C. The van der Waals surface area contributed by atoms with Gasteiger partial charge in [0.05, 0.1) is 0 Å². The highest BCUT2D eigenvalue weighted by Gasteiger charge is 2.17. The first-order chi connectivity index (χ1) is 8.76. The van der Waals surface area contributed by atoms with E-state index in [1.54, 1.807) is 0 Å². The molecule has 0 atom stereocenters. The van der Waals surface area contributed by atoms with E-state index in [-0.39, 0.29) is 5.54 Å². The van der Waals surface area contributed by atoms with Gasteiger partial charge in [-0.15, -0.1) is 0 Å². The van der Waals surface area contributed by atoms with Gasteiger partial charge in [-0.2, -0.15) is 0 Å². The lowest BCUT2D eigenvalue weighted by molar-refractivity contribution is 0.246. The zero-order valence-electron chi connectivity index (χ0n) is 13.7. The predicted molar refractivity (Wildman–Crippen MR) is 85.0 cm³/mol. The summed E-state index contributed by atoms with van der Waals surface area (Å²) < 4.78 is 0. The van der Waals surface area contributed by atoms with Crippen LogP contribution in [0.4, 0.5) is 0 Å². The van der Waals surface area contributed by atoms with Crippen LogP contribution in [0.3, 0.4) is 0 Å². The molecule has 0 heterocycles. The highest BCUT2D eigenvalue weighted by Crippen LogP contribution is 2.18. The summed E-state index contributed by atoms with van der Waals surface area (Å²) in [6.07, 6.45) is 1.13. The molecule has 1 rings (SSSR count). The molecule has 19 heavy (non-hydrogen) atoms. The smallest absolute Gasteiger partial charge is 0.0249 e. The average Bonchev–Trinajstić information content (AvgIpc) is 2.34. The summed E-state index contributed by atoms with van der Waals surface area (Å²) in [5, 5.41) is 3.36. The summed E-state index contributed by atoms with van der Waals surface area (Å²) in [7, 11) is 4.23. The second kappa shape index (κ2) is 6.53. The molecule has 0 aliphatic heterocycles. The number of hydrogen-bond donors (Lipinski definition) is 1. The van der Waals surface area contributed by atoms with Crippen LogP contribution in [-0.4, -0.2) is 37.6 Å². The van der Waals surface area contributed by atoms with Crippen molar-refractivity contribution in [2.75, 3.05) is 27.2 Å². The monoisotopic (exact) mass is 262 g/mol. The Morgan fingerprint density at radius 1 is 1.11 bits per heavy atom. The number of hydrogen-bond acceptors (Lipinski definition) is 2. The fraction of sp³-hybridized carbons (Fsp3) is 0.647. The molecule has 0 saturated heterocycles. The third-order valence-corrected chi connectivity index (χ3v) is 4.28. The molecule has 0 aromatic heterocycles. The molecular weight excluding hydrogens is 232 g/mol. The summed E-state index contributed by atoms with van der Waals surface area (Å²) in [6.45, 7) is 13.3. The lowest BCUT2D eigenvalue weighted by Crippen LogP contribution is -2.46. The van der Waals surface area contributed by atoms with Crippen molar-refractivity contribution >= 4 is 0 Å². The quantitative estimate of drug-likeness (QED) is 0.847. The minimum absolute atomic E-state index is 0.174. The fourth-order valence-corrected chi connectivity index (χ4v) is 2.43. The first-order valence-corrected chi connectivity index (χ1v) is 7.20. The van der Waals surface area contributed by atoms with Gasteiger partial charge in [-0.3, -0.25) is 0 Å². The van der Waals surface area contributed by atoms with E-state index in [4.69, 9.17) is 0 Å². The Labute approximate surface area is 119 Å². The molecule has 0 amide bonds. The van der Waals surface area contributed by atoms with Crippen LogP contribution in [0.5, 0.6) is 0 Å². The average molecular weight is 262 g/mol. The van der Waals surface area contributed by atoms with E-state index in [2.05, 4.69) is 64.0 Å². The molecule has 108 valence electrons. The van der Waals surface area contributed by atoms with Crippen molar-refractivity contribution in [1.29, 1.82) is 0 Å². The van der Waals surface area contributed by atoms with Crippen LogP contribution >= 0.6 is 0 Å². The van der Waals surface area contributed by atoms with E-state index >= 15 is 0 Å². The van der Waals surface area contributed by atoms with E-state index in [1.807, 2.05) is 7.05 Å². The van der Waals surface area contributed by atoms with E-state index in [1.165, 1.54) is 22.3 Å². The number of benzene rings is 1. The largest absolute Gasteiger partial charge is 0.314 e. The summed E-state index contributed by atoms with van der Waals surface area (Å²) in [5.74, 6) is 0. The molecule has 2 heteroatoms. The zero-order chi connectivity index (χ0) is 14.6. The van der Waals surface area contributed by atoms with E-state index in [0.29, 0.717) is 0 Å². The van der Waals surface area contributed by atoms with E-state index in [0.717, 1.165) is 19.5 Å². The van der Waals surface area contributed by atoms with Gasteiger partial charge in [-0.1, -0.05) is 12.1 Å². The second-order valence-corrected chi connectivity index (χ2v) is 6.41. The van der Waals surface area contributed by atoms with Gasteiger partial charge < -0.3 is 10.2 Å². The summed E-state index contributed by atoms with van der Waals surface area (Å²) in [5.41, 5.74) is 5.95. The Kier molecular flexibility index (Phi) is 5.57. The highest BCUT2D eigenvalue weighted by atomic mass is 15.1. The molecule has 0 bridgehead atoms. The third kappa shape index (κ3) is 4.63. The molecule has 2 nitrogen and oxygen atoms in total. The molecule has 0 aliphatic rings. The normalized spacial score (nSPS) is 12.2. The predicted octanol–water partition coefficient (Wildman–Crippen LogP) is 3.08. The molecule has 1 aromatic carbocycles. The number of rotatable bonds is 6. The van der Waals surface area contributed by atoms with Gasteiger partial charge in [0, 0.05) is 18.6 Å². The lowest BCUT2D eigenvalue weighted by atomic mass is 9.97. The minimum Gasteiger partial charge on any atom is -0.314 e. The van der Waals surface area contributed by atoms with Crippen LogP contribution in [0.1, 0.15) is 36.1 Å². The van der Waals surface area contributed by atoms with Crippen LogP contribution in [0.25, 0.3) is 0 Å². The number of nitrogens with one attached hydrogen (secondary N) is 1. The van der Waals surface area contributed by atoms with Gasteiger partial charge in [-0.25, -0.2) is 0 Å². The van der Waals surface area contributed by atoms with Crippen LogP contribution < -0.4 is 5.32 Å². The number of nitrogens with zero attached hydrogens (tertiary/aromatic N) is 1. The van der Waals surface area contributed by atoms with Crippen LogP contribution in [0.2, 0.25) is 0 Å². The maximum Gasteiger partial charge on any atom is 0.0249 e. The summed E-state index contributed by atoms with van der Waals surface area (Å²) in [6, 6.07) is 4.53. The Morgan fingerprint density at radius 3 is 2.32 bits per heavy atom. The molecular formula is C17H30N2. The van der Waals surface area contributed by atoms with Crippen molar-refractivity contribution in [3.05, 3.63) is 34.4 Å². The first-order valence-electron chi connectivity index (χ1n) is 7.20. The zero-order valence-corrected chi connectivity index (χ0v) is 13.7. The molecule has 0 spiro atoms. The molecule has 0 saturated carbocycles. The minimum atomic E-state index is 0.174. The second-order valence-electron chi connectivity index (χ2n) is 6.41. The topological polar surface area (TPSA) is 15.3 Å². The number of aryl methyl sites for hydroxylation is 1. The maximum absolute atomic E-state index is 3.36. The molecule has 0 fully saturated rings. The standard InChI is InChI=1S/C17H30N2/c1-13-8-9-16(15(3)14(13)2)10-11-19(7)12-17(4,5)18-6/h8-9,18H,10-12H2,1-7H3. The van der Waals surface area contributed by atoms with Gasteiger partial charge in [0.25, 0.3) is 0 Å². The van der Waals surface area contributed by atoms with Gasteiger partial charge >= 0.3 is 0 Å². The summed E-state index contributed by atoms with van der Waals surface area (Å²) >= 11 is 0. The fourth-order valence-electron chi connectivity index (χ4n) is 2.43. The van der Waals surface area contributed by atoms with Crippen LogP contribution in [0.15, 0.2) is 12.1 Å². The molecule has 0 radical (unpaired) electrons.